The first-order valence-corrected chi connectivity index (χ1v) is 10.2. The second-order valence-electron chi connectivity index (χ2n) is 5.48. The van der Waals surface area contributed by atoms with Gasteiger partial charge in [-0.2, -0.15) is 11.8 Å². The summed E-state index contributed by atoms with van der Waals surface area (Å²) in [5, 5.41) is 0. The van der Waals surface area contributed by atoms with Crippen LogP contribution in [0.3, 0.4) is 0 Å². The molecule has 2 rings (SSSR count). The minimum atomic E-state index is -3.11. The first-order valence-electron chi connectivity index (χ1n) is 7.29. The molecule has 21 heavy (non-hydrogen) atoms. The molecule has 1 saturated heterocycles. The molecule has 1 fully saturated rings. The average molecular weight is 329 g/mol. The zero-order valence-electron chi connectivity index (χ0n) is 12.7. The Hall–Kier alpha value is -0.720. The summed E-state index contributed by atoms with van der Waals surface area (Å²) in [6.45, 7) is 4.33. The van der Waals surface area contributed by atoms with Crippen molar-refractivity contribution in [1.29, 1.82) is 0 Å². The van der Waals surface area contributed by atoms with Crippen molar-refractivity contribution in [3.05, 3.63) is 24.3 Å². The van der Waals surface area contributed by atoms with E-state index < -0.39 is 9.84 Å². The molecule has 1 aromatic rings. The predicted octanol–water partition coefficient (Wildman–Crippen LogP) is 2.14. The lowest BCUT2D eigenvalue weighted by molar-refractivity contribution is 0.457. The van der Waals surface area contributed by atoms with Crippen LogP contribution in [0.25, 0.3) is 0 Å². The Morgan fingerprint density at radius 3 is 2.24 bits per heavy atom. The molecule has 0 spiro atoms. The second kappa shape index (κ2) is 6.58. The summed E-state index contributed by atoms with van der Waals surface area (Å²) in [7, 11) is -3.11. The van der Waals surface area contributed by atoms with E-state index in [1.807, 2.05) is 23.9 Å². The van der Waals surface area contributed by atoms with Crippen molar-refractivity contribution in [3.63, 3.8) is 0 Å². The lowest BCUT2D eigenvalue weighted by Gasteiger charge is -2.41. The molecule has 0 atom stereocenters. The number of hydrogen-bond acceptors (Lipinski definition) is 5. The fourth-order valence-corrected chi connectivity index (χ4v) is 4.34. The molecule has 0 aromatic heterocycles. The molecule has 6 heteroatoms. The van der Waals surface area contributed by atoms with E-state index in [-0.39, 0.29) is 10.5 Å². The third kappa shape index (κ3) is 3.55. The van der Waals surface area contributed by atoms with Crippen molar-refractivity contribution in [2.45, 2.75) is 29.4 Å². The minimum absolute atomic E-state index is 0.142. The summed E-state index contributed by atoms with van der Waals surface area (Å²) in [5.74, 6) is 0.142. The minimum Gasteiger partial charge on any atom is -0.371 e. The van der Waals surface area contributed by atoms with Crippen LogP contribution in [-0.2, 0) is 9.84 Å². The van der Waals surface area contributed by atoms with Crippen LogP contribution >= 0.6 is 11.8 Å². The van der Waals surface area contributed by atoms with Crippen molar-refractivity contribution in [2.24, 2.45) is 5.73 Å². The summed E-state index contributed by atoms with van der Waals surface area (Å²) < 4.78 is 23.9. The maximum Gasteiger partial charge on any atom is 0.178 e. The molecule has 118 valence electrons. The highest BCUT2D eigenvalue weighted by Gasteiger charge is 2.32. The predicted molar refractivity (Wildman–Crippen MR) is 90.9 cm³/mol. The summed E-state index contributed by atoms with van der Waals surface area (Å²) in [6, 6.07) is 7.26. The normalized spacial score (nSPS) is 18.7. The van der Waals surface area contributed by atoms with E-state index in [9.17, 15) is 8.42 Å². The molecule has 1 aromatic carbocycles. The number of rotatable bonds is 5. The Balaban J connectivity index is 2.08. The van der Waals surface area contributed by atoms with Crippen LogP contribution in [0.1, 0.15) is 19.8 Å². The van der Waals surface area contributed by atoms with E-state index >= 15 is 0 Å². The van der Waals surface area contributed by atoms with Crippen LogP contribution in [0.15, 0.2) is 29.2 Å². The van der Waals surface area contributed by atoms with Gasteiger partial charge in [-0.1, -0.05) is 6.92 Å². The molecule has 0 saturated carbocycles. The highest BCUT2D eigenvalue weighted by Crippen LogP contribution is 2.35. The highest BCUT2D eigenvalue weighted by molar-refractivity contribution is 8.00. The number of piperidine rings is 1. The molecular weight excluding hydrogens is 304 g/mol. The third-order valence-electron chi connectivity index (χ3n) is 4.42. The molecule has 2 N–H and O–H groups in total. The Morgan fingerprint density at radius 1 is 1.24 bits per heavy atom. The molecule has 0 aliphatic carbocycles. The lowest BCUT2D eigenvalue weighted by Crippen LogP contribution is -2.46. The van der Waals surface area contributed by atoms with Gasteiger partial charge in [0.25, 0.3) is 0 Å². The van der Waals surface area contributed by atoms with Gasteiger partial charge in [-0.25, -0.2) is 8.42 Å². The van der Waals surface area contributed by atoms with Crippen LogP contribution < -0.4 is 10.6 Å². The van der Waals surface area contributed by atoms with Crippen LogP contribution in [0.5, 0.6) is 0 Å². The summed E-state index contributed by atoms with van der Waals surface area (Å²) >= 11 is 1.87. The zero-order valence-corrected chi connectivity index (χ0v) is 14.3. The van der Waals surface area contributed by atoms with Gasteiger partial charge >= 0.3 is 0 Å². The fourth-order valence-electron chi connectivity index (χ4n) is 2.69. The highest BCUT2D eigenvalue weighted by atomic mass is 32.2. The number of nitrogens with zero attached hydrogens (tertiary/aromatic N) is 1. The monoisotopic (exact) mass is 328 g/mol. The van der Waals surface area contributed by atoms with Crippen LogP contribution in [0.4, 0.5) is 5.69 Å². The molecule has 0 radical (unpaired) electrons. The van der Waals surface area contributed by atoms with E-state index in [0.29, 0.717) is 4.90 Å². The van der Waals surface area contributed by atoms with E-state index in [0.717, 1.165) is 38.2 Å². The van der Waals surface area contributed by atoms with Gasteiger partial charge in [0.2, 0.25) is 0 Å². The SMILES string of the molecule is CCS(=O)(=O)c1ccc(N2CCC(CN)(SC)CC2)cc1. The van der Waals surface area contributed by atoms with Crippen molar-refractivity contribution in [2.75, 3.05) is 36.5 Å². The first kappa shape index (κ1) is 16.6. The molecule has 0 amide bonds. The van der Waals surface area contributed by atoms with Crippen molar-refractivity contribution >= 4 is 27.3 Å². The van der Waals surface area contributed by atoms with E-state index in [4.69, 9.17) is 5.73 Å². The van der Waals surface area contributed by atoms with Gasteiger partial charge in [-0.3, -0.25) is 0 Å². The molecule has 1 heterocycles. The number of benzene rings is 1. The Labute approximate surface area is 132 Å². The second-order valence-corrected chi connectivity index (χ2v) is 9.03. The van der Waals surface area contributed by atoms with Gasteiger partial charge in [-0.05, 0) is 43.4 Å². The maximum atomic E-state index is 11.8. The van der Waals surface area contributed by atoms with Crippen molar-refractivity contribution in [1.82, 2.24) is 0 Å². The standard InChI is InChI=1S/C15H24N2O2S2/c1-3-21(18,19)14-6-4-13(5-7-14)17-10-8-15(12-16,20-2)9-11-17/h4-7H,3,8-12,16H2,1-2H3. The number of sulfone groups is 1. The quantitative estimate of drug-likeness (QED) is 0.897. The smallest absolute Gasteiger partial charge is 0.178 e. The van der Waals surface area contributed by atoms with Crippen molar-refractivity contribution in [3.8, 4) is 0 Å². The number of nitrogens with two attached hydrogens (primary N) is 1. The molecule has 1 aliphatic heterocycles. The average Bonchev–Trinajstić information content (AvgIpc) is 2.55. The topological polar surface area (TPSA) is 63.4 Å². The number of thioether (sulfide) groups is 1. The van der Waals surface area contributed by atoms with E-state index in [1.54, 1.807) is 19.1 Å². The van der Waals surface area contributed by atoms with Crippen LogP contribution in [0, 0.1) is 0 Å². The largest absolute Gasteiger partial charge is 0.371 e. The number of hydrogen-bond donors (Lipinski definition) is 1. The molecule has 4 nitrogen and oxygen atoms in total. The Bertz CT molecular complexity index is 556. The third-order valence-corrected chi connectivity index (χ3v) is 7.61. The molecule has 0 bridgehead atoms. The Morgan fingerprint density at radius 2 is 1.81 bits per heavy atom. The lowest BCUT2D eigenvalue weighted by atomic mass is 9.95. The molecule has 1 aliphatic rings. The van der Waals surface area contributed by atoms with E-state index in [2.05, 4.69) is 11.2 Å². The summed E-state index contributed by atoms with van der Waals surface area (Å²) in [4.78, 5) is 2.72. The fraction of sp³-hybridized carbons (Fsp3) is 0.600. The molecule has 0 unspecified atom stereocenters. The van der Waals surface area contributed by atoms with Gasteiger partial charge in [0.15, 0.2) is 9.84 Å². The number of anilines is 1. The zero-order chi connectivity index (χ0) is 15.5. The first-order chi connectivity index (χ1) is 9.96. The molecular formula is C15H24N2O2S2. The van der Waals surface area contributed by atoms with Crippen LogP contribution in [0.2, 0.25) is 0 Å². The Kier molecular flexibility index (Phi) is 5.22. The summed E-state index contributed by atoms with van der Waals surface area (Å²) in [5.41, 5.74) is 7.00. The van der Waals surface area contributed by atoms with Crippen LogP contribution in [-0.4, -0.2) is 44.8 Å². The van der Waals surface area contributed by atoms with Gasteiger partial charge < -0.3 is 10.6 Å². The van der Waals surface area contributed by atoms with Gasteiger partial charge in [-0.15, -0.1) is 0 Å². The van der Waals surface area contributed by atoms with Gasteiger partial charge in [0.1, 0.15) is 0 Å². The maximum absolute atomic E-state index is 11.8. The van der Waals surface area contributed by atoms with Gasteiger partial charge in [0, 0.05) is 30.1 Å². The van der Waals surface area contributed by atoms with Crippen molar-refractivity contribution < 1.29 is 8.42 Å². The summed E-state index contributed by atoms with van der Waals surface area (Å²) in [6.07, 6.45) is 4.27. The van der Waals surface area contributed by atoms with E-state index in [1.165, 1.54) is 0 Å². The van der Waals surface area contributed by atoms with Gasteiger partial charge in [0.05, 0.1) is 10.6 Å².